The van der Waals surface area contributed by atoms with E-state index in [0.29, 0.717) is 11.7 Å². The number of ketones is 1. The van der Waals surface area contributed by atoms with Crippen LogP contribution in [0, 0.1) is 31.7 Å². The van der Waals surface area contributed by atoms with Gasteiger partial charge in [0.05, 0.1) is 11.3 Å². The molecule has 0 aliphatic heterocycles. The van der Waals surface area contributed by atoms with E-state index in [0.717, 1.165) is 64.4 Å². The molecule has 5 aromatic rings. The summed E-state index contributed by atoms with van der Waals surface area (Å²) in [5, 5.41) is 14.5. The van der Waals surface area contributed by atoms with Crippen LogP contribution in [0.5, 0.6) is 0 Å². The van der Waals surface area contributed by atoms with Gasteiger partial charge in [0, 0.05) is 49.6 Å². The Morgan fingerprint density at radius 1 is 0.826 bits per heavy atom. The predicted octanol–water partition coefficient (Wildman–Crippen LogP) is 11.3. The molecule has 1 N–H and O–H groups in total. The van der Waals surface area contributed by atoms with Gasteiger partial charge >= 0.3 is 0 Å². The first kappa shape index (κ1) is 32.7. The van der Waals surface area contributed by atoms with Gasteiger partial charge in [-0.1, -0.05) is 86.7 Å². The molecule has 1 radical (unpaired) electrons. The van der Waals surface area contributed by atoms with Gasteiger partial charge in [-0.25, -0.2) is 0 Å². The maximum absolute atomic E-state index is 11.8. The van der Waals surface area contributed by atoms with E-state index >= 15 is 0 Å². The molecule has 5 heteroatoms. The summed E-state index contributed by atoms with van der Waals surface area (Å²) < 4.78 is 6.36. The number of furan rings is 1. The normalized spacial score (nSPS) is 17.9. The number of hydrogen-bond donors (Lipinski definition) is 1. The number of aromatic nitrogens is 1. The predicted molar refractivity (Wildman–Crippen MR) is 184 cm³/mol. The van der Waals surface area contributed by atoms with Crippen molar-refractivity contribution in [2.24, 2.45) is 11.8 Å². The molecule has 0 bridgehead atoms. The summed E-state index contributed by atoms with van der Waals surface area (Å²) in [4.78, 5) is 16.6. The number of rotatable bonds is 5. The number of allylic oxidation sites excluding steroid dienone is 2. The molecular weight excluding hydrogens is 747 g/mol. The summed E-state index contributed by atoms with van der Waals surface area (Å²) in [5.41, 5.74) is 7.48. The smallest absolute Gasteiger partial charge is 0.162 e. The second-order valence-corrected chi connectivity index (χ2v) is 13.7. The Kier molecular flexibility index (Phi) is 10.1. The zero-order chi connectivity index (χ0) is 30.9. The van der Waals surface area contributed by atoms with Crippen molar-refractivity contribution in [3.63, 3.8) is 0 Å². The molecule has 3 saturated carbocycles. The summed E-state index contributed by atoms with van der Waals surface area (Å²) in [6, 6.07) is 21.2. The van der Waals surface area contributed by atoms with E-state index in [4.69, 9.17) is 9.40 Å². The molecule has 0 saturated heterocycles. The van der Waals surface area contributed by atoms with Crippen molar-refractivity contribution in [1.29, 1.82) is 0 Å². The molecule has 0 atom stereocenters. The van der Waals surface area contributed by atoms with Gasteiger partial charge in [0.25, 0.3) is 0 Å². The second-order valence-electron chi connectivity index (χ2n) is 13.7. The SMILES string of the molecule is Cc1[c-]c(-c2nccc3cc(C4CCCC4)ccc23)c2oc3cc(C)ccc3c2c1.O=C(/C=C(\O)C1CCCC1)C1CCCC1.[Ir]. The Balaban J connectivity index is 0.000000197. The van der Waals surface area contributed by atoms with Crippen LogP contribution in [-0.2, 0) is 24.9 Å². The number of aryl methyl sites for hydroxylation is 2. The molecule has 0 spiro atoms. The molecular formula is C41H44IrNO3-. The maximum atomic E-state index is 11.8. The Labute approximate surface area is 286 Å². The van der Waals surface area contributed by atoms with Crippen molar-refractivity contribution in [2.45, 2.75) is 96.8 Å². The summed E-state index contributed by atoms with van der Waals surface area (Å²) in [7, 11) is 0. The first-order valence-electron chi connectivity index (χ1n) is 17.1. The third-order valence-electron chi connectivity index (χ3n) is 10.5. The van der Waals surface area contributed by atoms with Crippen LogP contribution < -0.4 is 0 Å². The Hall–Kier alpha value is -3.27. The number of pyridine rings is 1. The van der Waals surface area contributed by atoms with Crippen LogP contribution in [0.4, 0.5) is 0 Å². The Morgan fingerprint density at radius 3 is 2.24 bits per heavy atom. The van der Waals surface area contributed by atoms with E-state index in [1.165, 1.54) is 79.3 Å². The number of aliphatic hydroxyl groups excluding tert-OH is 1. The van der Waals surface area contributed by atoms with Gasteiger partial charge in [0.1, 0.15) is 5.58 Å². The minimum absolute atomic E-state index is 0. The number of hydrogen-bond acceptors (Lipinski definition) is 4. The summed E-state index contributed by atoms with van der Waals surface area (Å²) in [6.07, 6.45) is 17.7. The van der Waals surface area contributed by atoms with Gasteiger partial charge in [0.15, 0.2) is 5.78 Å². The fourth-order valence-corrected chi connectivity index (χ4v) is 7.95. The third-order valence-corrected chi connectivity index (χ3v) is 10.5. The molecule has 3 aromatic carbocycles. The van der Waals surface area contributed by atoms with Crippen LogP contribution in [0.15, 0.2) is 71.0 Å². The van der Waals surface area contributed by atoms with Crippen molar-refractivity contribution in [3.05, 3.63) is 89.3 Å². The van der Waals surface area contributed by atoms with Gasteiger partial charge in [-0.15, -0.1) is 17.7 Å². The van der Waals surface area contributed by atoms with Crippen LogP contribution in [0.3, 0.4) is 0 Å². The number of aliphatic hydroxyl groups is 1. The average molecular weight is 791 g/mol. The van der Waals surface area contributed by atoms with Gasteiger partial charge in [-0.2, -0.15) is 0 Å². The summed E-state index contributed by atoms with van der Waals surface area (Å²) >= 11 is 0. The van der Waals surface area contributed by atoms with Crippen molar-refractivity contribution in [1.82, 2.24) is 4.98 Å². The molecule has 3 aliphatic carbocycles. The van der Waals surface area contributed by atoms with Crippen molar-refractivity contribution < 1.29 is 34.4 Å². The number of fused-ring (bicyclic) bond motifs is 4. The van der Waals surface area contributed by atoms with Crippen LogP contribution in [0.2, 0.25) is 0 Å². The van der Waals surface area contributed by atoms with Gasteiger partial charge in [0.2, 0.25) is 0 Å². The third kappa shape index (κ3) is 6.73. The van der Waals surface area contributed by atoms with Crippen LogP contribution in [0.25, 0.3) is 44.0 Å². The Morgan fingerprint density at radius 2 is 1.50 bits per heavy atom. The maximum Gasteiger partial charge on any atom is 0.162 e. The van der Waals surface area contributed by atoms with Gasteiger partial charge in [-0.3, -0.25) is 4.79 Å². The molecule has 8 rings (SSSR count). The number of nitrogens with zero attached hydrogens (tertiary/aromatic N) is 1. The van der Waals surface area contributed by atoms with Crippen molar-refractivity contribution >= 4 is 38.5 Å². The second kappa shape index (κ2) is 14.2. The number of benzene rings is 3. The molecule has 0 amide bonds. The zero-order valence-electron chi connectivity index (χ0n) is 27.0. The summed E-state index contributed by atoms with van der Waals surface area (Å²) in [5.74, 6) is 1.70. The molecule has 4 nitrogen and oxygen atoms in total. The molecule has 241 valence electrons. The fourth-order valence-electron chi connectivity index (χ4n) is 7.95. The van der Waals surface area contributed by atoms with E-state index in [-0.39, 0.29) is 37.7 Å². The van der Waals surface area contributed by atoms with Crippen LogP contribution in [0.1, 0.15) is 99.7 Å². The molecule has 3 fully saturated rings. The summed E-state index contributed by atoms with van der Waals surface area (Å²) in [6.45, 7) is 4.19. The van der Waals surface area contributed by atoms with E-state index < -0.39 is 0 Å². The molecule has 46 heavy (non-hydrogen) atoms. The van der Waals surface area contributed by atoms with E-state index in [1.807, 2.05) is 6.20 Å². The Bertz CT molecular complexity index is 1890. The quantitative estimate of drug-likeness (QED) is 0.109. The monoisotopic (exact) mass is 791 g/mol. The molecule has 2 aromatic heterocycles. The molecule has 3 aliphatic rings. The number of carbonyl (C=O) groups is 1. The molecule has 2 heterocycles. The zero-order valence-corrected chi connectivity index (χ0v) is 29.4. The van der Waals surface area contributed by atoms with E-state index in [2.05, 4.69) is 68.4 Å². The fraction of sp³-hybridized carbons (Fsp3) is 0.415. The minimum Gasteiger partial charge on any atom is -0.512 e. The molecule has 0 unspecified atom stereocenters. The van der Waals surface area contributed by atoms with Crippen LogP contribution in [-0.4, -0.2) is 15.9 Å². The average Bonchev–Trinajstić information content (AvgIpc) is 3.88. The largest absolute Gasteiger partial charge is 0.512 e. The topological polar surface area (TPSA) is 63.3 Å². The minimum atomic E-state index is 0. The standard InChI is InChI=1S/C28H24NO.C13H20O2.Ir/c1-17-7-9-23-24-13-18(2)14-25(28(24)30-26(23)15-17)27-22-10-8-20(19-5-3-4-6-19)16-21(22)11-12-29-27;14-12(10-5-1-2-6-10)9-13(15)11-7-3-4-8-11;/h7-13,15-16,19H,3-6H2,1-2H3;9-11,14H,1-8H2;/q-1;;/b;12-9-;. The van der Waals surface area contributed by atoms with Crippen molar-refractivity contribution in [3.8, 4) is 11.3 Å². The first-order valence-corrected chi connectivity index (χ1v) is 17.1. The number of carbonyl (C=O) groups excluding carboxylic acids is 1. The van der Waals surface area contributed by atoms with Crippen LogP contribution >= 0.6 is 0 Å². The first-order chi connectivity index (χ1) is 21.9. The van der Waals surface area contributed by atoms with Crippen molar-refractivity contribution in [2.75, 3.05) is 0 Å². The van der Waals surface area contributed by atoms with Gasteiger partial charge < -0.3 is 14.5 Å². The van der Waals surface area contributed by atoms with Gasteiger partial charge in [-0.05, 0) is 91.1 Å². The van der Waals surface area contributed by atoms with E-state index in [9.17, 15) is 9.90 Å². The van der Waals surface area contributed by atoms with E-state index in [1.54, 1.807) is 0 Å².